The average Bonchev–Trinajstić information content (AvgIpc) is 2.60. The van der Waals surface area contributed by atoms with E-state index in [-0.39, 0.29) is 11.2 Å². The highest BCUT2D eigenvalue weighted by Crippen LogP contribution is 2.26. The third kappa shape index (κ3) is 6.26. The number of rotatable bonds is 6. The Labute approximate surface area is 169 Å². The summed E-state index contributed by atoms with van der Waals surface area (Å²) in [4.78, 5) is 13.1. The highest BCUT2D eigenvalue weighted by atomic mass is 16.5. The first-order valence-corrected chi connectivity index (χ1v) is 9.78. The van der Waals surface area contributed by atoms with Gasteiger partial charge in [0.15, 0.2) is 5.76 Å². The highest BCUT2D eigenvalue weighted by Gasteiger charge is 2.21. The molecule has 0 saturated heterocycles. The number of benzene rings is 2. The molecule has 2 aromatic carbocycles. The second-order valence-electron chi connectivity index (χ2n) is 8.88. The molecule has 0 saturated carbocycles. The third-order valence-electron chi connectivity index (χ3n) is 4.12. The number of carbonyl (C=O) groups excluding carboxylic acids is 1. The normalized spacial score (nSPS) is 12.6. The average molecular weight is 381 g/mol. The van der Waals surface area contributed by atoms with Gasteiger partial charge in [-0.1, -0.05) is 45.0 Å². The SMILES string of the molecule is CCOc1ccc(C(=O)C(=Cc2cccc(C(C)(C)C)c2)OC(C)(C)C)cc1. The smallest absolute Gasteiger partial charge is 0.227 e. The summed E-state index contributed by atoms with van der Waals surface area (Å²) >= 11 is 0. The molecule has 0 amide bonds. The van der Waals surface area contributed by atoms with Crippen molar-refractivity contribution in [3.63, 3.8) is 0 Å². The Bertz CT molecular complexity index is 831. The maximum absolute atomic E-state index is 13.1. The minimum Gasteiger partial charge on any atom is -0.494 e. The Morgan fingerprint density at radius 1 is 0.964 bits per heavy atom. The number of Topliss-reactive ketones (excluding diaryl/α,β-unsaturated/α-hetero) is 1. The van der Waals surface area contributed by atoms with Crippen molar-refractivity contribution >= 4 is 11.9 Å². The molecular formula is C25H32O3. The molecule has 0 fully saturated rings. The first-order valence-electron chi connectivity index (χ1n) is 9.78. The molecular weight excluding hydrogens is 348 g/mol. The molecule has 3 nitrogen and oxygen atoms in total. The lowest BCUT2D eigenvalue weighted by Crippen LogP contribution is -2.22. The molecule has 0 aliphatic heterocycles. The van der Waals surface area contributed by atoms with Crippen molar-refractivity contribution in [3.05, 3.63) is 71.0 Å². The molecule has 150 valence electrons. The van der Waals surface area contributed by atoms with Gasteiger partial charge in [0.2, 0.25) is 5.78 Å². The number of allylic oxidation sites excluding steroid dienone is 1. The lowest BCUT2D eigenvalue weighted by Gasteiger charge is -2.23. The van der Waals surface area contributed by atoms with Crippen molar-refractivity contribution < 1.29 is 14.3 Å². The standard InChI is InChI=1S/C25H32O3/c1-8-27-21-14-12-19(13-15-21)23(26)22(28-25(5,6)7)17-18-10-9-11-20(16-18)24(2,3)4/h9-17H,8H2,1-7H3. The van der Waals surface area contributed by atoms with Crippen molar-refractivity contribution in [2.24, 2.45) is 0 Å². The Balaban J connectivity index is 2.41. The molecule has 0 radical (unpaired) electrons. The van der Waals surface area contributed by atoms with Gasteiger partial charge in [0.05, 0.1) is 6.61 Å². The van der Waals surface area contributed by atoms with Gasteiger partial charge < -0.3 is 9.47 Å². The van der Waals surface area contributed by atoms with Gasteiger partial charge in [-0.3, -0.25) is 4.79 Å². The van der Waals surface area contributed by atoms with Crippen LogP contribution in [0.15, 0.2) is 54.3 Å². The molecule has 3 heteroatoms. The van der Waals surface area contributed by atoms with Crippen molar-refractivity contribution in [2.75, 3.05) is 6.61 Å². The topological polar surface area (TPSA) is 35.5 Å². The van der Waals surface area contributed by atoms with E-state index in [2.05, 4.69) is 32.9 Å². The van der Waals surface area contributed by atoms with Gasteiger partial charge in [0, 0.05) is 5.56 Å². The van der Waals surface area contributed by atoms with Crippen LogP contribution in [0.4, 0.5) is 0 Å². The van der Waals surface area contributed by atoms with Gasteiger partial charge in [-0.2, -0.15) is 0 Å². The summed E-state index contributed by atoms with van der Waals surface area (Å²) in [6.45, 7) is 14.9. The molecule has 0 atom stereocenters. The Hall–Kier alpha value is -2.55. The number of ether oxygens (including phenoxy) is 2. The van der Waals surface area contributed by atoms with Crippen LogP contribution < -0.4 is 4.74 Å². The van der Waals surface area contributed by atoms with Crippen LogP contribution in [0, 0.1) is 0 Å². The molecule has 0 aromatic heterocycles. The molecule has 0 spiro atoms. The van der Waals surface area contributed by atoms with Gasteiger partial charge >= 0.3 is 0 Å². The molecule has 0 heterocycles. The van der Waals surface area contributed by atoms with E-state index in [4.69, 9.17) is 9.47 Å². The fourth-order valence-corrected chi connectivity index (χ4v) is 2.73. The Morgan fingerprint density at radius 3 is 2.14 bits per heavy atom. The molecule has 0 unspecified atom stereocenters. The first kappa shape index (κ1) is 21.7. The van der Waals surface area contributed by atoms with Gasteiger partial charge in [-0.05, 0) is 74.6 Å². The van der Waals surface area contributed by atoms with Crippen LogP contribution >= 0.6 is 0 Å². The lowest BCUT2D eigenvalue weighted by molar-refractivity contribution is 0.0449. The van der Waals surface area contributed by atoms with Gasteiger partial charge in [0.1, 0.15) is 11.4 Å². The van der Waals surface area contributed by atoms with E-state index >= 15 is 0 Å². The van der Waals surface area contributed by atoms with E-state index in [9.17, 15) is 4.79 Å². The first-order chi connectivity index (χ1) is 13.0. The molecule has 2 aromatic rings. The van der Waals surface area contributed by atoms with E-state index in [1.807, 2.05) is 58.0 Å². The zero-order valence-corrected chi connectivity index (χ0v) is 18.1. The molecule has 2 rings (SSSR count). The lowest BCUT2D eigenvalue weighted by atomic mass is 9.86. The second kappa shape index (κ2) is 8.64. The van der Waals surface area contributed by atoms with E-state index in [0.29, 0.717) is 17.9 Å². The van der Waals surface area contributed by atoms with Crippen LogP contribution in [0.5, 0.6) is 5.75 Å². The van der Waals surface area contributed by atoms with Crippen LogP contribution in [0.1, 0.15) is 70.0 Å². The van der Waals surface area contributed by atoms with Gasteiger partial charge in [-0.25, -0.2) is 0 Å². The van der Waals surface area contributed by atoms with E-state index in [0.717, 1.165) is 11.3 Å². The maximum atomic E-state index is 13.1. The fourth-order valence-electron chi connectivity index (χ4n) is 2.73. The Kier molecular flexibility index (Phi) is 6.71. The second-order valence-corrected chi connectivity index (χ2v) is 8.88. The summed E-state index contributed by atoms with van der Waals surface area (Å²) in [5, 5.41) is 0. The van der Waals surface area contributed by atoms with Crippen LogP contribution in [-0.2, 0) is 10.2 Å². The minimum absolute atomic E-state index is 0.0357. The fraction of sp³-hybridized carbons (Fsp3) is 0.400. The predicted octanol–water partition coefficient (Wildman–Crippen LogP) is 6.42. The van der Waals surface area contributed by atoms with Gasteiger partial charge in [-0.15, -0.1) is 0 Å². The maximum Gasteiger partial charge on any atom is 0.227 e. The summed E-state index contributed by atoms with van der Waals surface area (Å²) in [6.07, 6.45) is 1.83. The number of hydrogen-bond acceptors (Lipinski definition) is 3. The molecule has 0 N–H and O–H groups in total. The summed E-state index contributed by atoms with van der Waals surface area (Å²) in [5.74, 6) is 0.945. The quantitative estimate of drug-likeness (QED) is 0.329. The molecule has 0 aliphatic carbocycles. The highest BCUT2D eigenvalue weighted by molar-refractivity contribution is 6.10. The van der Waals surface area contributed by atoms with Crippen LogP contribution in [-0.4, -0.2) is 18.0 Å². The number of ketones is 1. The van der Waals surface area contributed by atoms with Crippen molar-refractivity contribution in [2.45, 2.75) is 59.5 Å². The van der Waals surface area contributed by atoms with E-state index < -0.39 is 5.60 Å². The summed E-state index contributed by atoms with van der Waals surface area (Å²) in [7, 11) is 0. The number of hydrogen-bond donors (Lipinski definition) is 0. The van der Waals surface area contributed by atoms with Crippen LogP contribution in [0.25, 0.3) is 6.08 Å². The predicted molar refractivity (Wildman–Crippen MR) is 116 cm³/mol. The summed E-state index contributed by atoms with van der Waals surface area (Å²) in [5.41, 5.74) is 2.30. The van der Waals surface area contributed by atoms with E-state index in [1.165, 1.54) is 5.56 Å². The van der Waals surface area contributed by atoms with E-state index in [1.54, 1.807) is 12.1 Å². The largest absolute Gasteiger partial charge is 0.494 e. The van der Waals surface area contributed by atoms with Crippen molar-refractivity contribution in [1.82, 2.24) is 0 Å². The third-order valence-corrected chi connectivity index (χ3v) is 4.12. The summed E-state index contributed by atoms with van der Waals surface area (Å²) < 4.78 is 11.5. The minimum atomic E-state index is -0.478. The zero-order chi connectivity index (χ0) is 20.9. The number of carbonyl (C=O) groups is 1. The molecule has 28 heavy (non-hydrogen) atoms. The Morgan fingerprint density at radius 2 is 1.61 bits per heavy atom. The monoisotopic (exact) mass is 380 g/mol. The van der Waals surface area contributed by atoms with Crippen LogP contribution in [0.3, 0.4) is 0 Å². The van der Waals surface area contributed by atoms with Gasteiger partial charge in [0.25, 0.3) is 0 Å². The summed E-state index contributed by atoms with van der Waals surface area (Å²) in [6, 6.07) is 15.4. The van der Waals surface area contributed by atoms with Crippen molar-refractivity contribution in [1.29, 1.82) is 0 Å². The molecule has 0 bridgehead atoms. The van der Waals surface area contributed by atoms with Crippen molar-refractivity contribution in [3.8, 4) is 5.75 Å². The zero-order valence-electron chi connectivity index (χ0n) is 18.1. The molecule has 0 aliphatic rings. The van der Waals surface area contributed by atoms with Crippen LogP contribution in [0.2, 0.25) is 0 Å².